The molecule has 0 aliphatic carbocycles. The van der Waals surface area contributed by atoms with Gasteiger partial charge in [-0.05, 0) is 23.6 Å². The molecule has 0 amide bonds. The minimum Gasteiger partial charge on any atom is -0.399 e. The molecule has 7 heteroatoms. The molecule has 0 bridgehead atoms. The molecule has 2 N–H and O–H groups in total. The van der Waals surface area contributed by atoms with Gasteiger partial charge in [0.1, 0.15) is 17.5 Å². The minimum absolute atomic E-state index is 0.615. The largest absolute Gasteiger partial charge is 0.399 e. The molecule has 102 valence electrons. The first-order valence-electron chi connectivity index (χ1n) is 6.27. The lowest BCUT2D eigenvalue weighted by Crippen LogP contribution is -1.99. The van der Waals surface area contributed by atoms with E-state index in [1.54, 1.807) is 22.3 Å². The van der Waals surface area contributed by atoms with Gasteiger partial charge in [-0.2, -0.15) is 0 Å². The Balaban J connectivity index is 1.83. The summed E-state index contributed by atoms with van der Waals surface area (Å²) in [6.45, 7) is 0. The van der Waals surface area contributed by atoms with E-state index in [2.05, 4.69) is 20.1 Å². The summed E-state index contributed by atoms with van der Waals surface area (Å²) < 4.78 is 1.66. The summed E-state index contributed by atoms with van der Waals surface area (Å²) in [6.07, 6.45) is 3.19. The van der Waals surface area contributed by atoms with Crippen LogP contribution in [-0.2, 0) is 0 Å². The summed E-state index contributed by atoms with van der Waals surface area (Å²) in [7, 11) is 0. The summed E-state index contributed by atoms with van der Waals surface area (Å²) >= 11 is 1.57. The topological polar surface area (TPSA) is 82.5 Å². The predicted octanol–water partition coefficient (Wildman–Crippen LogP) is 2.52. The monoisotopic (exact) mass is 294 g/mol. The third-order valence-corrected chi connectivity index (χ3v) is 3.92. The predicted molar refractivity (Wildman–Crippen MR) is 82.2 cm³/mol. The van der Waals surface area contributed by atoms with Crippen molar-refractivity contribution in [3.05, 3.63) is 48.4 Å². The number of anilines is 1. The molecule has 4 aromatic rings. The van der Waals surface area contributed by atoms with Crippen molar-refractivity contribution in [1.82, 2.24) is 24.7 Å². The van der Waals surface area contributed by atoms with Crippen LogP contribution in [0.5, 0.6) is 0 Å². The molecular formula is C14H10N6S. The van der Waals surface area contributed by atoms with Crippen LogP contribution < -0.4 is 5.73 Å². The highest BCUT2D eigenvalue weighted by Crippen LogP contribution is 2.23. The molecule has 0 saturated carbocycles. The van der Waals surface area contributed by atoms with Crippen molar-refractivity contribution in [1.29, 1.82) is 0 Å². The first kappa shape index (κ1) is 12.0. The maximum atomic E-state index is 5.79. The van der Waals surface area contributed by atoms with E-state index in [0.717, 1.165) is 21.6 Å². The molecule has 0 radical (unpaired) electrons. The summed E-state index contributed by atoms with van der Waals surface area (Å²) in [5.74, 6) is 1.34. The van der Waals surface area contributed by atoms with E-state index < -0.39 is 0 Å². The van der Waals surface area contributed by atoms with Crippen LogP contribution in [0.2, 0.25) is 0 Å². The van der Waals surface area contributed by atoms with Gasteiger partial charge < -0.3 is 5.73 Å². The van der Waals surface area contributed by atoms with Crippen LogP contribution in [0.15, 0.2) is 48.4 Å². The lowest BCUT2D eigenvalue weighted by Gasteiger charge is -2.00. The molecule has 3 aromatic heterocycles. The third kappa shape index (κ3) is 2.03. The van der Waals surface area contributed by atoms with Crippen molar-refractivity contribution in [2.45, 2.75) is 0 Å². The van der Waals surface area contributed by atoms with Gasteiger partial charge >= 0.3 is 0 Å². The third-order valence-electron chi connectivity index (χ3n) is 3.09. The quantitative estimate of drug-likeness (QED) is 0.574. The lowest BCUT2D eigenvalue weighted by atomic mass is 10.2. The fourth-order valence-corrected chi connectivity index (χ4v) is 2.86. The van der Waals surface area contributed by atoms with Gasteiger partial charge in [-0.1, -0.05) is 12.1 Å². The molecule has 6 nitrogen and oxygen atoms in total. The molecule has 0 fully saturated rings. The summed E-state index contributed by atoms with van der Waals surface area (Å²) in [6, 6.07) is 9.47. The number of hydrogen-bond donors (Lipinski definition) is 1. The van der Waals surface area contributed by atoms with Crippen molar-refractivity contribution in [3.8, 4) is 17.2 Å². The highest BCUT2D eigenvalue weighted by molar-refractivity contribution is 7.16. The van der Waals surface area contributed by atoms with Crippen LogP contribution in [-0.4, -0.2) is 24.7 Å². The van der Waals surface area contributed by atoms with Gasteiger partial charge in [-0.3, -0.25) is 0 Å². The average molecular weight is 294 g/mol. The number of thiophene rings is 1. The van der Waals surface area contributed by atoms with E-state index >= 15 is 0 Å². The van der Waals surface area contributed by atoms with Gasteiger partial charge in [0.15, 0.2) is 11.6 Å². The fourth-order valence-electron chi connectivity index (χ4n) is 2.13. The minimum atomic E-state index is 0.615. The van der Waals surface area contributed by atoms with Gasteiger partial charge in [-0.15, -0.1) is 16.4 Å². The second kappa shape index (κ2) is 4.64. The number of nitrogens with zero attached hydrogens (tertiary/aromatic N) is 5. The van der Waals surface area contributed by atoms with E-state index in [9.17, 15) is 0 Å². The zero-order valence-electron chi connectivity index (χ0n) is 10.8. The Hall–Kier alpha value is -2.80. The van der Waals surface area contributed by atoms with Gasteiger partial charge in [0.25, 0.3) is 0 Å². The van der Waals surface area contributed by atoms with Crippen LogP contribution in [0.3, 0.4) is 0 Å². The molecule has 0 spiro atoms. The van der Waals surface area contributed by atoms with Crippen molar-refractivity contribution in [2.24, 2.45) is 0 Å². The summed E-state index contributed by atoms with van der Waals surface area (Å²) in [5, 5.41) is 7.44. The van der Waals surface area contributed by atoms with Crippen LogP contribution >= 0.6 is 11.3 Å². The summed E-state index contributed by atoms with van der Waals surface area (Å²) in [4.78, 5) is 13.8. The van der Waals surface area contributed by atoms with Crippen LogP contribution in [0.1, 0.15) is 0 Å². The zero-order valence-corrected chi connectivity index (χ0v) is 11.7. The smallest absolute Gasteiger partial charge is 0.181 e. The number of fused-ring (bicyclic) bond motifs is 1. The second-order valence-electron chi connectivity index (χ2n) is 4.47. The van der Waals surface area contributed by atoms with Crippen molar-refractivity contribution in [3.63, 3.8) is 0 Å². The fraction of sp³-hybridized carbons (Fsp3) is 0. The Labute approximate surface area is 123 Å². The first-order chi connectivity index (χ1) is 10.3. The van der Waals surface area contributed by atoms with E-state index in [1.165, 1.54) is 6.33 Å². The van der Waals surface area contributed by atoms with Gasteiger partial charge in [0.05, 0.1) is 5.39 Å². The summed E-state index contributed by atoms with van der Waals surface area (Å²) in [5.41, 5.74) is 7.36. The number of nitrogens with two attached hydrogens (primary N) is 1. The molecule has 0 aliphatic rings. The molecular weight excluding hydrogens is 284 g/mol. The molecule has 0 unspecified atom stereocenters. The Bertz CT molecular complexity index is 926. The van der Waals surface area contributed by atoms with E-state index in [-0.39, 0.29) is 0 Å². The molecule has 0 atom stereocenters. The Morgan fingerprint density at radius 3 is 2.95 bits per heavy atom. The maximum absolute atomic E-state index is 5.79. The molecule has 1 aromatic carbocycles. The standard InChI is InChI=1S/C14H10N6S/c15-10-3-1-2-9(6-10)12-18-8-20(19-12)13-11-4-5-21-14(11)17-7-16-13/h1-8H,15H2. The van der Waals surface area contributed by atoms with E-state index in [1.807, 2.05) is 35.7 Å². The Kier molecular flexibility index (Phi) is 2.65. The number of hydrogen-bond acceptors (Lipinski definition) is 6. The molecule has 0 saturated heterocycles. The SMILES string of the molecule is Nc1cccc(-c2ncn(-c3ncnc4sccc34)n2)c1. The average Bonchev–Trinajstić information content (AvgIpc) is 3.16. The van der Waals surface area contributed by atoms with E-state index in [0.29, 0.717) is 11.5 Å². The lowest BCUT2D eigenvalue weighted by molar-refractivity contribution is 0.853. The number of rotatable bonds is 2. The normalized spacial score (nSPS) is 11.0. The molecule has 4 rings (SSSR count). The number of benzene rings is 1. The first-order valence-corrected chi connectivity index (χ1v) is 7.15. The van der Waals surface area contributed by atoms with Gasteiger partial charge in [-0.25, -0.2) is 19.6 Å². The number of nitrogen functional groups attached to an aromatic ring is 1. The second-order valence-corrected chi connectivity index (χ2v) is 5.37. The van der Waals surface area contributed by atoms with Crippen LogP contribution in [0.4, 0.5) is 5.69 Å². The Morgan fingerprint density at radius 1 is 1.10 bits per heavy atom. The molecule has 0 aliphatic heterocycles. The van der Waals surface area contributed by atoms with Crippen LogP contribution in [0.25, 0.3) is 27.4 Å². The van der Waals surface area contributed by atoms with Crippen LogP contribution in [0, 0.1) is 0 Å². The van der Waals surface area contributed by atoms with Gasteiger partial charge in [0, 0.05) is 11.3 Å². The Morgan fingerprint density at radius 2 is 2.05 bits per heavy atom. The highest BCUT2D eigenvalue weighted by atomic mass is 32.1. The number of aromatic nitrogens is 5. The van der Waals surface area contributed by atoms with Crippen molar-refractivity contribution in [2.75, 3.05) is 5.73 Å². The van der Waals surface area contributed by atoms with Crippen molar-refractivity contribution < 1.29 is 0 Å². The molecule has 21 heavy (non-hydrogen) atoms. The maximum Gasteiger partial charge on any atom is 0.181 e. The van der Waals surface area contributed by atoms with Crippen molar-refractivity contribution >= 4 is 27.2 Å². The zero-order chi connectivity index (χ0) is 14.2. The van der Waals surface area contributed by atoms with E-state index in [4.69, 9.17) is 5.73 Å². The highest BCUT2D eigenvalue weighted by Gasteiger charge is 2.10. The molecule has 3 heterocycles. The van der Waals surface area contributed by atoms with Gasteiger partial charge in [0.2, 0.25) is 0 Å².